The normalized spacial score (nSPS) is 14.7. The van der Waals surface area contributed by atoms with E-state index in [1.807, 2.05) is 18.3 Å². The standard InChI is InChI=1S/C19H24N6O.C4H7NO.H2/c1-13-17(12-23-25(13)16-4-6-24(2)7-5-16)14-8-18(26-3)19(22-11-14)15(9-20)10-21;1-3-4(6)5-2;/h8-9,11-12,16H,4-7,20H2,1-3H3;3H,1H2,2H3,(H,5,6);1H/b15-9-;;. The number of piperidine rings is 1. The maximum absolute atomic E-state index is 9.95. The highest BCUT2D eigenvalue weighted by Gasteiger charge is 2.22. The van der Waals surface area contributed by atoms with E-state index < -0.39 is 0 Å². The largest absolute Gasteiger partial charge is 0.494 e. The van der Waals surface area contributed by atoms with E-state index in [0.29, 0.717) is 17.5 Å². The van der Waals surface area contributed by atoms with Crippen LogP contribution in [0.1, 0.15) is 31.7 Å². The van der Waals surface area contributed by atoms with Gasteiger partial charge >= 0.3 is 0 Å². The summed E-state index contributed by atoms with van der Waals surface area (Å²) in [5.74, 6) is 0.377. The van der Waals surface area contributed by atoms with Crippen molar-refractivity contribution in [3.63, 3.8) is 0 Å². The molecule has 1 fully saturated rings. The molecule has 1 saturated heterocycles. The highest BCUT2D eigenvalue weighted by atomic mass is 16.5. The van der Waals surface area contributed by atoms with Crippen molar-refractivity contribution in [2.75, 3.05) is 34.3 Å². The number of carbonyl (C=O) groups is 1. The smallest absolute Gasteiger partial charge is 0.243 e. The molecule has 0 saturated carbocycles. The number of hydrogen-bond donors (Lipinski definition) is 2. The maximum atomic E-state index is 9.95. The van der Waals surface area contributed by atoms with Gasteiger partial charge < -0.3 is 20.7 Å². The molecule has 9 nitrogen and oxygen atoms in total. The molecule has 9 heteroatoms. The van der Waals surface area contributed by atoms with E-state index >= 15 is 0 Å². The Kier molecular flexibility index (Phi) is 8.98. The van der Waals surface area contributed by atoms with E-state index in [4.69, 9.17) is 10.5 Å². The number of pyridine rings is 1. The topological polar surface area (TPSA) is 122 Å². The molecule has 32 heavy (non-hydrogen) atoms. The first-order valence-corrected chi connectivity index (χ1v) is 10.3. The van der Waals surface area contributed by atoms with Gasteiger partial charge in [-0.2, -0.15) is 10.4 Å². The van der Waals surface area contributed by atoms with Crippen molar-refractivity contribution in [3.05, 3.63) is 48.7 Å². The van der Waals surface area contributed by atoms with Gasteiger partial charge in [0, 0.05) is 37.7 Å². The molecule has 3 N–H and O–H groups in total. The molecule has 0 atom stereocenters. The molecule has 0 unspecified atom stereocenters. The number of amides is 1. The molecular weight excluding hydrogens is 406 g/mol. The van der Waals surface area contributed by atoms with Crippen molar-refractivity contribution in [1.82, 2.24) is 25.0 Å². The van der Waals surface area contributed by atoms with E-state index in [-0.39, 0.29) is 12.9 Å². The van der Waals surface area contributed by atoms with Crippen LogP contribution in [0.4, 0.5) is 0 Å². The molecular formula is C23H33N7O2. The molecule has 0 bridgehead atoms. The molecule has 1 amide bonds. The number of nitrogens with two attached hydrogens (primary N) is 1. The molecule has 172 valence electrons. The molecule has 0 radical (unpaired) electrons. The zero-order chi connectivity index (χ0) is 23.7. The number of nitrogens with zero attached hydrogens (tertiary/aromatic N) is 5. The van der Waals surface area contributed by atoms with Gasteiger partial charge in [0.2, 0.25) is 5.91 Å². The van der Waals surface area contributed by atoms with Gasteiger partial charge in [-0.1, -0.05) is 6.58 Å². The highest BCUT2D eigenvalue weighted by Crippen LogP contribution is 2.32. The molecule has 3 heterocycles. The lowest BCUT2D eigenvalue weighted by atomic mass is 10.0. The van der Waals surface area contributed by atoms with Crippen molar-refractivity contribution in [1.29, 1.82) is 5.26 Å². The first-order valence-electron chi connectivity index (χ1n) is 10.3. The first kappa shape index (κ1) is 24.6. The Balaban J connectivity index is 0.000000691. The third-order valence-electron chi connectivity index (χ3n) is 5.44. The van der Waals surface area contributed by atoms with Crippen LogP contribution in [-0.4, -0.2) is 59.9 Å². The number of carbonyl (C=O) groups excluding carboxylic acids is 1. The zero-order valence-corrected chi connectivity index (χ0v) is 19.1. The van der Waals surface area contributed by atoms with Crippen molar-refractivity contribution < 1.29 is 11.0 Å². The molecule has 0 spiro atoms. The molecule has 2 aromatic rings. The van der Waals surface area contributed by atoms with Crippen molar-refractivity contribution in [2.45, 2.75) is 25.8 Å². The summed E-state index contributed by atoms with van der Waals surface area (Å²) in [6.45, 7) is 7.48. The Morgan fingerprint density at radius 3 is 2.62 bits per heavy atom. The molecule has 1 aliphatic rings. The minimum Gasteiger partial charge on any atom is -0.494 e. The lowest BCUT2D eigenvalue weighted by Crippen LogP contribution is -2.32. The minimum atomic E-state index is -0.144. The molecule has 3 rings (SSSR count). The highest BCUT2D eigenvalue weighted by molar-refractivity contribution is 5.86. The summed E-state index contributed by atoms with van der Waals surface area (Å²) < 4.78 is 7.55. The maximum Gasteiger partial charge on any atom is 0.243 e. The van der Waals surface area contributed by atoms with Crippen LogP contribution in [0, 0.1) is 18.3 Å². The van der Waals surface area contributed by atoms with Crippen molar-refractivity contribution in [2.24, 2.45) is 5.73 Å². The Morgan fingerprint density at radius 1 is 1.44 bits per heavy atom. The van der Waals surface area contributed by atoms with Gasteiger partial charge in [0.15, 0.2) is 0 Å². The number of nitriles is 1. The van der Waals surface area contributed by atoms with Crippen molar-refractivity contribution >= 4 is 11.5 Å². The predicted molar refractivity (Wildman–Crippen MR) is 127 cm³/mol. The van der Waals surface area contributed by atoms with Gasteiger partial charge in [0.25, 0.3) is 0 Å². The number of methoxy groups -OCH3 is 1. The van der Waals surface area contributed by atoms with Crippen LogP contribution in [0.3, 0.4) is 0 Å². The van der Waals surface area contributed by atoms with E-state index in [1.165, 1.54) is 12.3 Å². The summed E-state index contributed by atoms with van der Waals surface area (Å²) in [5, 5.41) is 16.2. The summed E-state index contributed by atoms with van der Waals surface area (Å²) in [4.78, 5) is 16.7. The Labute approximate surface area is 190 Å². The Morgan fingerprint density at radius 2 is 2.12 bits per heavy atom. The van der Waals surface area contributed by atoms with Crippen LogP contribution in [-0.2, 0) is 4.79 Å². The fraction of sp³-hybridized carbons (Fsp3) is 0.391. The minimum absolute atomic E-state index is 0. The van der Waals surface area contributed by atoms with E-state index in [1.54, 1.807) is 20.4 Å². The zero-order valence-electron chi connectivity index (χ0n) is 19.1. The fourth-order valence-corrected chi connectivity index (χ4v) is 3.54. The lowest BCUT2D eigenvalue weighted by molar-refractivity contribution is -0.116. The number of nitrogens with one attached hydrogen (secondary N) is 1. The van der Waals surface area contributed by atoms with Crippen LogP contribution in [0.15, 0.2) is 37.3 Å². The van der Waals surface area contributed by atoms with Crippen LogP contribution in [0.2, 0.25) is 0 Å². The molecule has 1 aliphatic heterocycles. The second-order valence-corrected chi connectivity index (χ2v) is 7.41. The fourth-order valence-electron chi connectivity index (χ4n) is 3.54. The summed E-state index contributed by atoms with van der Waals surface area (Å²) in [7, 11) is 5.27. The Bertz CT molecular complexity index is 1020. The van der Waals surface area contributed by atoms with Gasteiger partial charge in [-0.05, 0) is 52.0 Å². The summed E-state index contributed by atoms with van der Waals surface area (Å²) >= 11 is 0. The second kappa shape index (κ2) is 11.7. The van der Waals surface area contributed by atoms with Crippen molar-refractivity contribution in [3.8, 4) is 22.9 Å². The average Bonchev–Trinajstić information content (AvgIpc) is 3.21. The summed E-state index contributed by atoms with van der Waals surface area (Å²) in [6.07, 6.45) is 8.29. The van der Waals surface area contributed by atoms with Gasteiger partial charge in [-0.3, -0.25) is 14.5 Å². The number of ether oxygens (including phenoxy) is 1. The quantitative estimate of drug-likeness (QED) is 0.542. The number of likely N-dealkylation sites (tertiary alicyclic amines) is 1. The summed E-state index contributed by atoms with van der Waals surface area (Å²) in [5.41, 5.74) is 9.30. The second-order valence-electron chi connectivity index (χ2n) is 7.41. The van der Waals surface area contributed by atoms with Crippen LogP contribution < -0.4 is 15.8 Å². The van der Waals surface area contributed by atoms with Gasteiger partial charge in [0.05, 0.1) is 24.9 Å². The van der Waals surface area contributed by atoms with Gasteiger partial charge in [-0.15, -0.1) is 0 Å². The number of hydrogen-bond acceptors (Lipinski definition) is 7. The van der Waals surface area contributed by atoms with Crippen LogP contribution in [0.5, 0.6) is 5.75 Å². The third kappa shape index (κ3) is 5.74. The first-order chi connectivity index (χ1) is 15.4. The molecule has 0 aromatic carbocycles. The van der Waals surface area contributed by atoms with E-state index in [9.17, 15) is 10.1 Å². The lowest BCUT2D eigenvalue weighted by Gasteiger charge is -2.29. The third-order valence-corrected chi connectivity index (χ3v) is 5.44. The SMILES string of the molecule is C=CC(=O)NC.COc1cc(-c2cnn(C3CCN(C)CC3)c2C)cnc1/C(C#N)=C\N.[HH]. The predicted octanol–water partition coefficient (Wildman–Crippen LogP) is 2.52. The van der Waals surface area contributed by atoms with Gasteiger partial charge in [0.1, 0.15) is 17.5 Å². The van der Waals surface area contributed by atoms with Gasteiger partial charge in [-0.25, -0.2) is 0 Å². The number of aromatic nitrogens is 3. The number of allylic oxidation sites excluding steroid dienone is 1. The molecule has 0 aliphatic carbocycles. The number of rotatable bonds is 5. The van der Waals surface area contributed by atoms with E-state index in [2.05, 4.69) is 45.5 Å². The molecule has 2 aromatic heterocycles. The monoisotopic (exact) mass is 439 g/mol. The van der Waals surface area contributed by atoms with E-state index in [0.717, 1.165) is 42.8 Å². The number of likely N-dealkylation sites (N-methyl/N-ethyl adjacent to an activating group) is 1. The Hall–Kier alpha value is -3.64. The van der Waals surface area contributed by atoms with Crippen LogP contribution in [0.25, 0.3) is 16.7 Å². The summed E-state index contributed by atoms with van der Waals surface area (Å²) in [6, 6.07) is 4.35. The van der Waals surface area contributed by atoms with Crippen LogP contribution >= 0.6 is 0 Å². The average molecular weight is 440 g/mol.